The Balaban J connectivity index is 1.63. The van der Waals surface area contributed by atoms with Gasteiger partial charge in [-0.2, -0.15) is 0 Å². The molecule has 0 unspecified atom stereocenters. The first-order valence-electron chi connectivity index (χ1n) is 12.9. The van der Waals surface area contributed by atoms with Crippen molar-refractivity contribution in [3.05, 3.63) is 64.7 Å². The summed E-state index contributed by atoms with van der Waals surface area (Å²) in [7, 11) is 0. The summed E-state index contributed by atoms with van der Waals surface area (Å²) >= 11 is 5.97. The standard InChI is InChI=1S/C28H32ClN5O5/c1-5-38-26(36)23-22(17-9-11-18(12-10-17)25(35)31-21-16-19(29)13-14-30-21)32-24(33-23)20-8-6-7-15-34(20)27(37)39-28(2,3)4/h9-14,16,20H,5-8,15H2,1-4H3,(H,32,33)(H,30,31,35)/t20-/m0/s1. The smallest absolute Gasteiger partial charge is 0.410 e. The molecule has 0 saturated carbocycles. The highest BCUT2D eigenvalue weighted by Gasteiger charge is 2.34. The Bertz CT molecular complexity index is 1350. The molecule has 1 aromatic carbocycles. The van der Waals surface area contributed by atoms with E-state index in [0.29, 0.717) is 46.5 Å². The van der Waals surface area contributed by atoms with Crippen molar-refractivity contribution >= 4 is 35.4 Å². The Hall–Kier alpha value is -3.92. The maximum absolute atomic E-state index is 13.0. The molecule has 11 heteroatoms. The van der Waals surface area contributed by atoms with Crippen LogP contribution in [-0.2, 0) is 9.47 Å². The lowest BCUT2D eigenvalue weighted by molar-refractivity contribution is 0.00853. The summed E-state index contributed by atoms with van der Waals surface area (Å²) in [5.41, 5.74) is 0.916. The average Bonchev–Trinajstić information content (AvgIpc) is 3.33. The Kier molecular flexibility index (Phi) is 8.54. The minimum absolute atomic E-state index is 0.182. The van der Waals surface area contributed by atoms with E-state index in [1.165, 1.54) is 6.20 Å². The fraction of sp³-hybridized carbons (Fsp3) is 0.393. The summed E-state index contributed by atoms with van der Waals surface area (Å²) in [5, 5.41) is 3.16. The Morgan fingerprint density at radius 2 is 1.90 bits per heavy atom. The lowest BCUT2D eigenvalue weighted by Gasteiger charge is -2.35. The van der Waals surface area contributed by atoms with Gasteiger partial charge in [0, 0.05) is 28.9 Å². The van der Waals surface area contributed by atoms with Crippen LogP contribution in [0, 0.1) is 0 Å². The molecule has 4 rings (SSSR count). The summed E-state index contributed by atoms with van der Waals surface area (Å²) in [5.74, 6) is -0.104. The SMILES string of the molecule is CCOC(=O)c1[nH]c([C@@H]2CCCCN2C(=O)OC(C)(C)C)nc1-c1ccc(C(=O)Nc2cc(Cl)ccn2)cc1. The maximum atomic E-state index is 13.0. The molecule has 1 fully saturated rings. The molecule has 3 aromatic rings. The zero-order valence-electron chi connectivity index (χ0n) is 22.4. The molecule has 1 atom stereocenters. The van der Waals surface area contributed by atoms with Gasteiger partial charge in [-0.15, -0.1) is 0 Å². The van der Waals surface area contributed by atoms with Crippen LogP contribution in [0.15, 0.2) is 42.6 Å². The number of esters is 1. The van der Waals surface area contributed by atoms with Gasteiger partial charge in [-0.3, -0.25) is 9.69 Å². The number of halogens is 1. The zero-order valence-corrected chi connectivity index (χ0v) is 23.2. The second kappa shape index (κ2) is 11.9. The van der Waals surface area contributed by atoms with Crippen LogP contribution in [0.2, 0.25) is 5.02 Å². The molecule has 1 aliphatic heterocycles. The van der Waals surface area contributed by atoms with Gasteiger partial charge in [0.25, 0.3) is 5.91 Å². The summed E-state index contributed by atoms with van der Waals surface area (Å²) in [4.78, 5) is 52.2. The molecule has 3 heterocycles. The van der Waals surface area contributed by atoms with Gasteiger partial charge in [-0.1, -0.05) is 23.7 Å². The van der Waals surface area contributed by atoms with E-state index in [2.05, 4.69) is 15.3 Å². The number of rotatable bonds is 6. The molecule has 0 radical (unpaired) electrons. The van der Waals surface area contributed by atoms with Crippen molar-refractivity contribution < 1.29 is 23.9 Å². The lowest BCUT2D eigenvalue weighted by Crippen LogP contribution is -2.42. The summed E-state index contributed by atoms with van der Waals surface area (Å²) in [6, 6.07) is 9.45. The van der Waals surface area contributed by atoms with Crippen molar-refractivity contribution in [2.75, 3.05) is 18.5 Å². The number of anilines is 1. The first kappa shape index (κ1) is 28.1. The maximum Gasteiger partial charge on any atom is 0.410 e. The van der Waals surface area contributed by atoms with Crippen LogP contribution in [0.1, 0.15) is 79.7 Å². The van der Waals surface area contributed by atoms with E-state index in [-0.39, 0.29) is 24.2 Å². The van der Waals surface area contributed by atoms with Crippen molar-refractivity contribution in [3.8, 4) is 11.3 Å². The molecule has 206 valence electrons. The predicted molar refractivity (Wildman–Crippen MR) is 147 cm³/mol. The number of carbonyl (C=O) groups excluding carboxylic acids is 3. The van der Waals surface area contributed by atoms with Gasteiger partial charge < -0.3 is 19.8 Å². The van der Waals surface area contributed by atoms with Crippen LogP contribution in [0.4, 0.5) is 10.6 Å². The second-order valence-corrected chi connectivity index (χ2v) is 10.6. The molecule has 0 aliphatic carbocycles. The number of likely N-dealkylation sites (tertiary alicyclic amines) is 1. The van der Waals surface area contributed by atoms with Crippen molar-refractivity contribution in [3.63, 3.8) is 0 Å². The van der Waals surface area contributed by atoms with Gasteiger partial charge in [0.2, 0.25) is 0 Å². The molecule has 2 N–H and O–H groups in total. The lowest BCUT2D eigenvalue weighted by atomic mass is 10.0. The minimum atomic E-state index is -0.639. The Morgan fingerprint density at radius 3 is 2.56 bits per heavy atom. The zero-order chi connectivity index (χ0) is 28.2. The number of aromatic nitrogens is 3. The quantitative estimate of drug-likeness (QED) is 0.357. The monoisotopic (exact) mass is 553 g/mol. The third kappa shape index (κ3) is 6.94. The third-order valence-corrected chi connectivity index (χ3v) is 6.27. The predicted octanol–water partition coefficient (Wildman–Crippen LogP) is 6.02. The van der Waals surface area contributed by atoms with Crippen molar-refractivity contribution in [1.29, 1.82) is 0 Å². The van der Waals surface area contributed by atoms with Crippen LogP contribution in [-0.4, -0.2) is 56.6 Å². The van der Waals surface area contributed by atoms with E-state index in [0.717, 1.165) is 12.8 Å². The summed E-state index contributed by atoms with van der Waals surface area (Å²) in [6.07, 6.45) is 3.50. The van der Waals surface area contributed by atoms with Crippen LogP contribution >= 0.6 is 11.6 Å². The molecule has 2 amide bonds. The molecule has 0 bridgehead atoms. The largest absolute Gasteiger partial charge is 0.461 e. The Labute approximate surface area is 232 Å². The number of nitrogens with one attached hydrogen (secondary N) is 2. The number of pyridine rings is 1. The molecular weight excluding hydrogens is 522 g/mol. The number of amides is 2. The minimum Gasteiger partial charge on any atom is -0.461 e. The van der Waals surface area contributed by atoms with E-state index in [1.54, 1.807) is 48.2 Å². The second-order valence-electron chi connectivity index (χ2n) is 10.1. The number of H-pyrrole nitrogens is 1. The average molecular weight is 554 g/mol. The third-order valence-electron chi connectivity index (χ3n) is 6.03. The fourth-order valence-corrected chi connectivity index (χ4v) is 4.46. The number of carbonyl (C=O) groups is 3. The molecule has 2 aromatic heterocycles. The first-order valence-corrected chi connectivity index (χ1v) is 13.2. The van der Waals surface area contributed by atoms with Crippen molar-refractivity contribution in [2.24, 2.45) is 0 Å². The van der Waals surface area contributed by atoms with E-state index in [1.807, 2.05) is 20.8 Å². The topological polar surface area (TPSA) is 127 Å². The van der Waals surface area contributed by atoms with E-state index < -0.39 is 17.7 Å². The number of hydrogen-bond donors (Lipinski definition) is 2. The van der Waals surface area contributed by atoms with Gasteiger partial charge in [0.15, 0.2) is 5.69 Å². The van der Waals surface area contributed by atoms with Crippen molar-refractivity contribution in [1.82, 2.24) is 19.9 Å². The van der Waals surface area contributed by atoms with Gasteiger partial charge >= 0.3 is 12.1 Å². The molecule has 0 spiro atoms. The normalized spacial score (nSPS) is 15.5. The van der Waals surface area contributed by atoms with Crippen LogP contribution < -0.4 is 5.32 Å². The van der Waals surface area contributed by atoms with E-state index in [9.17, 15) is 14.4 Å². The highest BCUT2D eigenvalue weighted by Crippen LogP contribution is 2.33. The summed E-state index contributed by atoms with van der Waals surface area (Å²) in [6.45, 7) is 7.91. The Morgan fingerprint density at radius 1 is 1.15 bits per heavy atom. The highest BCUT2D eigenvalue weighted by atomic mass is 35.5. The number of nitrogens with zero attached hydrogens (tertiary/aromatic N) is 3. The molecule has 10 nitrogen and oxygen atoms in total. The molecule has 1 aliphatic rings. The first-order chi connectivity index (χ1) is 18.6. The van der Waals surface area contributed by atoms with Crippen LogP contribution in [0.3, 0.4) is 0 Å². The highest BCUT2D eigenvalue weighted by molar-refractivity contribution is 6.30. The van der Waals surface area contributed by atoms with E-state index in [4.69, 9.17) is 26.1 Å². The number of ether oxygens (including phenoxy) is 2. The number of aromatic amines is 1. The van der Waals surface area contributed by atoms with Gasteiger partial charge in [-0.25, -0.2) is 19.6 Å². The molecule has 39 heavy (non-hydrogen) atoms. The molecule has 1 saturated heterocycles. The van der Waals surface area contributed by atoms with Crippen LogP contribution in [0.5, 0.6) is 0 Å². The molecular formula is C28H32ClN5O5. The van der Waals surface area contributed by atoms with Crippen molar-refractivity contribution in [2.45, 2.75) is 58.6 Å². The van der Waals surface area contributed by atoms with Crippen LogP contribution in [0.25, 0.3) is 11.3 Å². The number of imidazole rings is 1. The number of hydrogen-bond acceptors (Lipinski definition) is 7. The number of benzene rings is 1. The van der Waals surface area contributed by atoms with E-state index >= 15 is 0 Å². The van der Waals surface area contributed by atoms with Gasteiger partial charge in [0.1, 0.15) is 22.9 Å². The van der Waals surface area contributed by atoms with Gasteiger partial charge in [-0.05, 0) is 71.2 Å². The van der Waals surface area contributed by atoms with Gasteiger partial charge in [0.05, 0.1) is 12.6 Å². The summed E-state index contributed by atoms with van der Waals surface area (Å²) < 4.78 is 10.9. The fourth-order valence-electron chi connectivity index (χ4n) is 4.31. The number of piperidine rings is 1.